The summed E-state index contributed by atoms with van der Waals surface area (Å²) in [7, 11) is 0. The zero-order valence-electron chi connectivity index (χ0n) is 8.55. The quantitative estimate of drug-likeness (QED) is 0.559. The van der Waals surface area contributed by atoms with Gasteiger partial charge in [0, 0.05) is 19.2 Å². The maximum atomic E-state index is 11.3. The lowest BCUT2D eigenvalue weighted by Crippen LogP contribution is -2.42. The van der Waals surface area contributed by atoms with Crippen LogP contribution >= 0.6 is 0 Å². The van der Waals surface area contributed by atoms with Crippen LogP contribution in [0.4, 0.5) is 4.79 Å². The van der Waals surface area contributed by atoms with Crippen molar-refractivity contribution < 1.29 is 14.6 Å². The van der Waals surface area contributed by atoms with Crippen LogP contribution in [0.3, 0.4) is 0 Å². The number of likely N-dealkylation sites (tertiary alicyclic amines) is 1. The number of hydrogen-bond acceptors (Lipinski definition) is 4. The number of rotatable bonds is 2. The first-order chi connectivity index (χ1) is 7.79. The van der Waals surface area contributed by atoms with Gasteiger partial charge in [-0.1, -0.05) is 6.07 Å². The molecule has 1 aromatic carbocycles. The molecule has 5 heteroatoms. The lowest BCUT2D eigenvalue weighted by Gasteiger charge is -2.28. The van der Waals surface area contributed by atoms with Gasteiger partial charge >= 0.3 is 6.09 Å². The van der Waals surface area contributed by atoms with E-state index in [1.54, 1.807) is 18.2 Å². The van der Waals surface area contributed by atoms with E-state index in [9.17, 15) is 4.79 Å². The summed E-state index contributed by atoms with van der Waals surface area (Å²) in [4.78, 5) is 22.2. The average molecular weight is 218 g/mol. The van der Waals surface area contributed by atoms with Crippen molar-refractivity contribution in [3.8, 4) is 11.8 Å². The first-order valence-corrected chi connectivity index (χ1v) is 4.93. The van der Waals surface area contributed by atoms with Crippen molar-refractivity contribution in [1.82, 2.24) is 4.90 Å². The topological polar surface area (TPSA) is 62.6 Å². The number of nitrogens with zero attached hydrogens (tertiary/aromatic N) is 2. The summed E-state index contributed by atoms with van der Waals surface area (Å²) in [6.07, 6.45) is 0.507. The largest absolute Gasteiger partial charge is 0.452 e. The molecule has 1 aromatic rings. The summed E-state index contributed by atoms with van der Waals surface area (Å²) in [5.74, 6) is 0.341. The fraction of sp³-hybridized carbons (Fsp3) is 0.273. The lowest BCUT2D eigenvalue weighted by atomic mass is 10.2. The Morgan fingerprint density at radius 2 is 2.25 bits per heavy atom. The minimum atomic E-state index is -0.492. The molecule has 0 spiro atoms. The maximum absolute atomic E-state index is 11.3. The normalized spacial score (nSPS) is 13.6. The van der Waals surface area contributed by atoms with Crippen molar-refractivity contribution in [2.75, 3.05) is 13.1 Å². The fourth-order valence-corrected chi connectivity index (χ4v) is 1.25. The molecule has 1 heterocycles. The SMILES string of the molecule is N#Cc1cccc(OOC(=O)N2CCC2)c1. The number of carbonyl (C=O) groups excluding carboxylic acids is 1. The molecule has 1 aliphatic heterocycles. The van der Waals surface area contributed by atoms with Gasteiger partial charge in [0.1, 0.15) is 0 Å². The van der Waals surface area contributed by atoms with E-state index in [0.29, 0.717) is 24.4 Å². The van der Waals surface area contributed by atoms with Crippen LogP contribution in [0.25, 0.3) is 0 Å². The fourth-order valence-electron chi connectivity index (χ4n) is 1.25. The summed E-state index contributed by atoms with van der Waals surface area (Å²) in [5, 5.41) is 8.65. The first-order valence-electron chi connectivity index (χ1n) is 4.93. The van der Waals surface area contributed by atoms with Crippen molar-refractivity contribution in [1.29, 1.82) is 5.26 Å². The highest BCUT2D eigenvalue weighted by Crippen LogP contribution is 2.14. The summed E-state index contributed by atoms with van der Waals surface area (Å²) in [5.41, 5.74) is 0.456. The molecule has 0 radical (unpaired) electrons. The van der Waals surface area contributed by atoms with Gasteiger partial charge in [-0.3, -0.25) is 4.89 Å². The molecule has 5 nitrogen and oxygen atoms in total. The Labute approximate surface area is 92.7 Å². The molecule has 82 valence electrons. The lowest BCUT2D eigenvalue weighted by molar-refractivity contribution is -0.157. The van der Waals surface area contributed by atoms with E-state index in [1.807, 2.05) is 6.07 Å². The number of amides is 1. The van der Waals surface area contributed by atoms with Crippen molar-refractivity contribution in [3.05, 3.63) is 29.8 Å². The smallest absolute Gasteiger partial charge is 0.305 e. The number of benzene rings is 1. The molecule has 0 N–H and O–H groups in total. The van der Waals surface area contributed by atoms with E-state index in [-0.39, 0.29) is 0 Å². The molecular formula is C11H10N2O3. The predicted molar refractivity (Wildman–Crippen MR) is 54.5 cm³/mol. The number of hydrogen-bond donors (Lipinski definition) is 0. The molecule has 2 rings (SSSR count). The van der Waals surface area contributed by atoms with Crippen LogP contribution in [0.5, 0.6) is 5.75 Å². The van der Waals surface area contributed by atoms with Gasteiger partial charge in [-0.15, -0.1) is 0 Å². The minimum Gasteiger partial charge on any atom is -0.305 e. The molecule has 1 fully saturated rings. The number of nitriles is 1. The van der Waals surface area contributed by atoms with Gasteiger partial charge in [-0.25, -0.2) is 9.68 Å². The molecule has 16 heavy (non-hydrogen) atoms. The van der Waals surface area contributed by atoms with Gasteiger partial charge in [0.15, 0.2) is 5.75 Å². The van der Waals surface area contributed by atoms with Crippen LogP contribution in [0.15, 0.2) is 24.3 Å². The van der Waals surface area contributed by atoms with Gasteiger partial charge in [0.25, 0.3) is 0 Å². The Morgan fingerprint density at radius 3 is 2.88 bits per heavy atom. The van der Waals surface area contributed by atoms with Crippen LogP contribution in [-0.2, 0) is 4.89 Å². The monoisotopic (exact) mass is 218 g/mol. The van der Waals surface area contributed by atoms with Crippen molar-refractivity contribution in [2.45, 2.75) is 6.42 Å². The van der Waals surface area contributed by atoms with Gasteiger partial charge < -0.3 is 4.90 Å². The molecular weight excluding hydrogens is 208 g/mol. The maximum Gasteiger partial charge on any atom is 0.452 e. The molecule has 1 saturated heterocycles. The molecule has 0 aliphatic carbocycles. The van der Waals surface area contributed by atoms with E-state index < -0.39 is 6.09 Å². The molecule has 0 aromatic heterocycles. The summed E-state index contributed by atoms with van der Waals surface area (Å²) < 4.78 is 0. The zero-order valence-corrected chi connectivity index (χ0v) is 8.55. The molecule has 0 bridgehead atoms. The second-order valence-electron chi connectivity index (χ2n) is 3.41. The third-order valence-electron chi connectivity index (χ3n) is 2.29. The first kappa shape index (κ1) is 10.3. The third kappa shape index (κ3) is 2.23. The van der Waals surface area contributed by atoms with E-state index >= 15 is 0 Å². The highest BCUT2D eigenvalue weighted by molar-refractivity contribution is 5.67. The molecule has 0 saturated carbocycles. The standard InChI is InChI=1S/C11H10N2O3/c12-8-9-3-1-4-10(7-9)15-16-11(14)13-5-2-6-13/h1,3-4,7H,2,5-6H2. The molecule has 1 amide bonds. The van der Waals surface area contributed by atoms with Crippen molar-refractivity contribution in [3.63, 3.8) is 0 Å². The van der Waals surface area contributed by atoms with Crippen molar-refractivity contribution in [2.24, 2.45) is 0 Å². The molecule has 0 atom stereocenters. The Morgan fingerprint density at radius 1 is 1.44 bits per heavy atom. The summed E-state index contributed by atoms with van der Waals surface area (Å²) in [6.45, 7) is 1.42. The number of carbonyl (C=O) groups is 1. The van der Waals surface area contributed by atoms with Crippen LogP contribution in [0, 0.1) is 11.3 Å². The Kier molecular flexibility index (Phi) is 2.92. The van der Waals surface area contributed by atoms with E-state index in [0.717, 1.165) is 6.42 Å². The van der Waals surface area contributed by atoms with Crippen LogP contribution in [0.1, 0.15) is 12.0 Å². The van der Waals surface area contributed by atoms with E-state index in [1.165, 1.54) is 11.0 Å². The average Bonchev–Trinajstić information content (AvgIpc) is 2.24. The van der Waals surface area contributed by atoms with Crippen LogP contribution in [0.2, 0.25) is 0 Å². The van der Waals surface area contributed by atoms with Gasteiger partial charge in [-0.05, 0) is 18.6 Å². The highest BCUT2D eigenvalue weighted by atomic mass is 17.2. The minimum absolute atomic E-state index is 0.341. The zero-order chi connectivity index (χ0) is 11.4. The second-order valence-corrected chi connectivity index (χ2v) is 3.41. The van der Waals surface area contributed by atoms with Crippen LogP contribution in [-0.4, -0.2) is 24.1 Å². The van der Waals surface area contributed by atoms with Crippen molar-refractivity contribution >= 4 is 6.09 Å². The summed E-state index contributed by atoms with van der Waals surface area (Å²) >= 11 is 0. The Bertz CT molecular complexity index is 435. The van der Waals surface area contributed by atoms with E-state index in [2.05, 4.69) is 4.89 Å². The van der Waals surface area contributed by atoms with Gasteiger partial charge in [0.2, 0.25) is 0 Å². The molecule has 1 aliphatic rings. The van der Waals surface area contributed by atoms with E-state index in [4.69, 9.17) is 10.1 Å². The summed E-state index contributed by atoms with van der Waals surface area (Å²) in [6, 6.07) is 8.39. The van der Waals surface area contributed by atoms with Gasteiger partial charge in [0.05, 0.1) is 11.6 Å². The van der Waals surface area contributed by atoms with Crippen LogP contribution < -0.4 is 4.89 Å². The second kappa shape index (κ2) is 4.53. The molecule has 0 unspecified atom stereocenters. The third-order valence-corrected chi connectivity index (χ3v) is 2.29. The Hall–Kier alpha value is -2.22. The van der Waals surface area contributed by atoms with Gasteiger partial charge in [-0.2, -0.15) is 5.26 Å². The Balaban J connectivity index is 1.89. The highest BCUT2D eigenvalue weighted by Gasteiger charge is 2.22. The predicted octanol–water partition coefficient (Wildman–Crippen LogP) is 1.69.